The zero-order chi connectivity index (χ0) is 17.6. The van der Waals surface area contributed by atoms with Gasteiger partial charge in [0.1, 0.15) is 0 Å². The molecule has 1 rings (SSSR count). The third-order valence-electron chi connectivity index (χ3n) is 3.99. The minimum Gasteiger partial charge on any atom is -0.469 e. The van der Waals surface area contributed by atoms with E-state index in [0.29, 0.717) is 6.42 Å². The number of nitrogens with two attached hydrogens (primary N) is 1. The molecule has 0 aliphatic heterocycles. The van der Waals surface area contributed by atoms with E-state index in [1.807, 2.05) is 30.3 Å². The van der Waals surface area contributed by atoms with Gasteiger partial charge in [0.15, 0.2) is 0 Å². The molecule has 0 bridgehead atoms. The molecule has 0 aliphatic carbocycles. The van der Waals surface area contributed by atoms with Gasteiger partial charge in [-0.15, -0.1) is 12.4 Å². The topological polar surface area (TPSA) is 81.4 Å². The van der Waals surface area contributed by atoms with Crippen LogP contribution in [0.25, 0.3) is 0 Å². The Hall–Kier alpha value is -1.59. The molecule has 0 fully saturated rings. The molecule has 25 heavy (non-hydrogen) atoms. The van der Waals surface area contributed by atoms with Crippen LogP contribution in [0.5, 0.6) is 0 Å². The Morgan fingerprint density at radius 2 is 1.64 bits per heavy atom. The van der Waals surface area contributed by atoms with E-state index in [-0.39, 0.29) is 36.7 Å². The van der Waals surface area contributed by atoms with E-state index in [9.17, 15) is 9.59 Å². The molecule has 1 aromatic carbocycles. The third kappa shape index (κ3) is 10.8. The number of amides is 1. The molecule has 0 aliphatic rings. The zero-order valence-electron chi connectivity index (χ0n) is 15.0. The molecule has 1 atom stereocenters. The maximum absolute atomic E-state index is 12.2. The molecule has 0 heterocycles. The predicted molar refractivity (Wildman–Crippen MR) is 103 cm³/mol. The Morgan fingerprint density at radius 1 is 1.04 bits per heavy atom. The maximum atomic E-state index is 12.2. The second-order valence-corrected chi connectivity index (χ2v) is 5.97. The molecule has 0 aromatic heterocycles. The van der Waals surface area contributed by atoms with Crippen molar-refractivity contribution in [1.82, 2.24) is 5.32 Å². The lowest BCUT2D eigenvalue weighted by atomic mass is 10.0. The minimum absolute atomic E-state index is 0. The Labute approximate surface area is 157 Å². The highest BCUT2D eigenvalue weighted by atomic mass is 35.5. The number of benzene rings is 1. The first-order chi connectivity index (χ1) is 11.7. The van der Waals surface area contributed by atoms with Gasteiger partial charge in [0.2, 0.25) is 5.91 Å². The van der Waals surface area contributed by atoms with Crippen LogP contribution in [0.4, 0.5) is 0 Å². The number of methoxy groups -OCH3 is 1. The summed E-state index contributed by atoms with van der Waals surface area (Å²) in [6.07, 6.45) is 7.10. The van der Waals surface area contributed by atoms with Gasteiger partial charge in [0, 0.05) is 6.42 Å². The normalized spacial score (nSPS) is 11.3. The first-order valence-corrected chi connectivity index (χ1v) is 8.78. The Balaban J connectivity index is 0.00000576. The largest absolute Gasteiger partial charge is 0.469 e. The Bertz CT molecular complexity index is 483. The highest BCUT2D eigenvalue weighted by Gasteiger charge is 2.18. The van der Waals surface area contributed by atoms with Gasteiger partial charge in [0.05, 0.1) is 19.6 Å². The maximum Gasteiger partial charge on any atom is 0.307 e. The predicted octanol–water partition coefficient (Wildman–Crippen LogP) is 3.52. The highest BCUT2D eigenvalue weighted by molar-refractivity contribution is 5.85. The van der Waals surface area contributed by atoms with E-state index in [1.54, 1.807) is 0 Å². The fourth-order valence-corrected chi connectivity index (χ4v) is 2.59. The van der Waals surface area contributed by atoms with Crippen molar-refractivity contribution >= 4 is 24.3 Å². The molecule has 6 heteroatoms. The van der Waals surface area contributed by atoms with Crippen molar-refractivity contribution in [2.24, 2.45) is 5.73 Å². The fourth-order valence-electron chi connectivity index (χ4n) is 2.59. The number of carbonyl (C=O) groups excluding carboxylic acids is 2. The third-order valence-corrected chi connectivity index (χ3v) is 3.99. The van der Waals surface area contributed by atoms with Crippen LogP contribution < -0.4 is 11.1 Å². The number of nitrogens with one attached hydrogen (secondary N) is 1. The number of hydrogen-bond donors (Lipinski definition) is 2. The zero-order valence-corrected chi connectivity index (χ0v) is 15.9. The summed E-state index contributed by atoms with van der Waals surface area (Å²) in [6, 6.07) is 9.18. The molecule has 0 saturated heterocycles. The number of carbonyl (C=O) groups is 2. The van der Waals surface area contributed by atoms with Crippen LogP contribution in [0.3, 0.4) is 0 Å². The first kappa shape index (κ1) is 23.4. The second kappa shape index (κ2) is 14.7. The lowest BCUT2D eigenvalue weighted by Crippen LogP contribution is -2.30. The molecule has 1 unspecified atom stereocenters. The smallest absolute Gasteiger partial charge is 0.307 e. The van der Waals surface area contributed by atoms with Gasteiger partial charge in [-0.25, -0.2) is 0 Å². The molecule has 1 aromatic rings. The summed E-state index contributed by atoms with van der Waals surface area (Å²) in [7, 11) is 1.36. The van der Waals surface area contributed by atoms with E-state index >= 15 is 0 Å². The molecular weight excluding hydrogens is 340 g/mol. The second-order valence-electron chi connectivity index (χ2n) is 5.97. The van der Waals surface area contributed by atoms with Gasteiger partial charge >= 0.3 is 5.97 Å². The molecule has 142 valence electrons. The average Bonchev–Trinajstić information content (AvgIpc) is 2.61. The van der Waals surface area contributed by atoms with Gasteiger partial charge in [-0.1, -0.05) is 56.0 Å². The number of unbranched alkanes of at least 4 members (excludes halogenated alkanes) is 5. The Morgan fingerprint density at radius 3 is 2.24 bits per heavy atom. The number of halogens is 1. The van der Waals surface area contributed by atoms with E-state index < -0.39 is 0 Å². The first-order valence-electron chi connectivity index (χ1n) is 8.78. The van der Waals surface area contributed by atoms with Gasteiger partial charge < -0.3 is 15.8 Å². The number of hydrogen-bond acceptors (Lipinski definition) is 4. The van der Waals surface area contributed by atoms with E-state index in [1.165, 1.54) is 13.5 Å². The van der Waals surface area contributed by atoms with Crippen LogP contribution in [-0.2, 0) is 14.3 Å². The van der Waals surface area contributed by atoms with Gasteiger partial charge in [0.25, 0.3) is 0 Å². The van der Waals surface area contributed by atoms with Crippen molar-refractivity contribution in [2.75, 3.05) is 13.7 Å². The van der Waals surface area contributed by atoms with E-state index in [2.05, 4.69) is 5.32 Å². The summed E-state index contributed by atoms with van der Waals surface area (Å²) >= 11 is 0. The summed E-state index contributed by atoms with van der Waals surface area (Å²) in [6.45, 7) is 0.753. The van der Waals surface area contributed by atoms with Gasteiger partial charge in [-0.3, -0.25) is 9.59 Å². The highest BCUT2D eigenvalue weighted by Crippen LogP contribution is 2.17. The summed E-state index contributed by atoms with van der Waals surface area (Å²) in [5.41, 5.74) is 6.38. The van der Waals surface area contributed by atoms with Crippen molar-refractivity contribution < 1.29 is 14.3 Å². The van der Waals surface area contributed by atoms with Crippen molar-refractivity contribution in [3.63, 3.8) is 0 Å². The summed E-state index contributed by atoms with van der Waals surface area (Å²) in [4.78, 5) is 23.7. The average molecular weight is 371 g/mol. The van der Waals surface area contributed by atoms with Crippen molar-refractivity contribution in [3.05, 3.63) is 35.9 Å². The van der Waals surface area contributed by atoms with Crippen LogP contribution in [0.15, 0.2) is 30.3 Å². The van der Waals surface area contributed by atoms with E-state index in [4.69, 9.17) is 10.5 Å². The lowest BCUT2D eigenvalue weighted by Gasteiger charge is -2.18. The van der Waals surface area contributed by atoms with Gasteiger partial charge in [-0.2, -0.15) is 0 Å². The molecule has 0 radical (unpaired) electrons. The van der Waals surface area contributed by atoms with Crippen molar-refractivity contribution in [3.8, 4) is 0 Å². The molecule has 0 spiro atoms. The monoisotopic (exact) mass is 370 g/mol. The number of esters is 1. The summed E-state index contributed by atoms with van der Waals surface area (Å²) in [5, 5.41) is 2.95. The van der Waals surface area contributed by atoms with Crippen LogP contribution >= 0.6 is 12.4 Å². The number of rotatable bonds is 12. The van der Waals surface area contributed by atoms with Crippen LogP contribution in [0, 0.1) is 0 Å². The molecule has 1 amide bonds. The quantitative estimate of drug-likeness (QED) is 0.435. The molecule has 3 N–H and O–H groups in total. The van der Waals surface area contributed by atoms with Crippen molar-refractivity contribution in [2.45, 2.75) is 57.4 Å². The van der Waals surface area contributed by atoms with Crippen LogP contribution in [0.1, 0.15) is 63.0 Å². The van der Waals surface area contributed by atoms with Crippen LogP contribution in [0.2, 0.25) is 0 Å². The van der Waals surface area contributed by atoms with Crippen molar-refractivity contribution in [1.29, 1.82) is 0 Å². The standard InChI is InChI=1S/C19H30N2O3.ClH/c1-24-19(23)15-17(16-11-7-6-8-12-16)21-18(22)13-9-4-2-3-5-10-14-20;/h6-8,11-12,17H,2-5,9-10,13-15,20H2,1H3,(H,21,22);1H. The van der Waals surface area contributed by atoms with Gasteiger partial charge in [-0.05, 0) is 24.9 Å². The molecule has 0 saturated carbocycles. The Kier molecular flexibility index (Phi) is 13.8. The minimum atomic E-state index is -0.337. The molecule has 5 nitrogen and oxygen atoms in total. The SMILES string of the molecule is COC(=O)CC(NC(=O)CCCCCCCCN)c1ccccc1.Cl. The molecular formula is C19H31ClN2O3. The lowest BCUT2D eigenvalue weighted by molar-refractivity contribution is -0.141. The summed E-state index contributed by atoms with van der Waals surface area (Å²) < 4.78 is 4.73. The fraction of sp³-hybridized carbons (Fsp3) is 0.579. The summed E-state index contributed by atoms with van der Waals surface area (Å²) in [5.74, 6) is -0.348. The van der Waals surface area contributed by atoms with Crippen LogP contribution in [-0.4, -0.2) is 25.5 Å². The van der Waals surface area contributed by atoms with E-state index in [0.717, 1.165) is 44.2 Å². The number of ether oxygens (including phenoxy) is 1.